The standard InChI is InChI=1S/13C2H6.6CH3B/c19*1-2/h13*1-2H3;6*1H3. The Morgan fingerprint density at radius 2 is 0.105 bits per heavy atom. The first-order valence-corrected chi connectivity index (χ1v) is 16.5. The molecule has 0 heterocycles. The zero-order chi connectivity index (χ0) is 38.0. The smallest absolute Gasteiger partial charge is 0.0606 e. The molecule has 0 spiro atoms. The van der Waals surface area contributed by atoms with Gasteiger partial charge in [0.05, 0.1) is 47.1 Å². The first-order valence-electron chi connectivity index (χ1n) is 16.5. The molecular formula is C32H96B6. The number of hydrogen-bond donors (Lipinski definition) is 0. The molecule has 12 radical (unpaired) electrons. The summed E-state index contributed by atoms with van der Waals surface area (Å²) in [4.78, 5) is 0. The molecule has 0 fully saturated rings. The summed E-state index contributed by atoms with van der Waals surface area (Å²) < 4.78 is 0. The Morgan fingerprint density at radius 1 is 0.105 bits per heavy atom. The molecule has 38 heavy (non-hydrogen) atoms. The van der Waals surface area contributed by atoms with Crippen LogP contribution in [0.3, 0.4) is 0 Å². The molecule has 6 heteroatoms. The van der Waals surface area contributed by atoms with Crippen LogP contribution in [-0.2, 0) is 0 Å². The molecule has 0 aliphatic carbocycles. The van der Waals surface area contributed by atoms with E-state index in [4.69, 9.17) is 0 Å². The largest absolute Gasteiger partial charge is 0.0999 e. The van der Waals surface area contributed by atoms with Crippen LogP contribution in [0.1, 0.15) is 180 Å². The predicted octanol–water partition coefficient (Wildman–Crippen LogP) is 14.6. The lowest BCUT2D eigenvalue weighted by Gasteiger charge is -1.07. The highest BCUT2D eigenvalue weighted by Gasteiger charge is 1.00. The summed E-state index contributed by atoms with van der Waals surface area (Å²) >= 11 is 0. The molecule has 0 aliphatic heterocycles. The van der Waals surface area contributed by atoms with Gasteiger partial charge in [-0.1, -0.05) is 221 Å². The van der Waals surface area contributed by atoms with E-state index in [1.165, 1.54) is 40.9 Å². The molecule has 0 aromatic rings. The van der Waals surface area contributed by atoms with Crippen molar-refractivity contribution in [3.05, 3.63) is 0 Å². The fourth-order valence-electron chi connectivity index (χ4n) is 0. The normalized spacial score (nSPS) is 2.84. The average molecular weight is 546 g/mol. The molecule has 0 unspecified atom stereocenters. The maximum atomic E-state index is 4.50. The Balaban J connectivity index is -0.00000000590. The van der Waals surface area contributed by atoms with Crippen molar-refractivity contribution in [1.29, 1.82) is 0 Å². The van der Waals surface area contributed by atoms with Gasteiger partial charge < -0.3 is 0 Å². The van der Waals surface area contributed by atoms with E-state index in [0.717, 1.165) is 0 Å². The van der Waals surface area contributed by atoms with Crippen LogP contribution in [0, 0.1) is 0 Å². The highest BCUT2D eigenvalue weighted by atomic mass is 13.0. The first-order chi connectivity index (χ1) is 19.0. The molecule has 0 nitrogen and oxygen atoms in total. The van der Waals surface area contributed by atoms with Gasteiger partial charge >= 0.3 is 0 Å². The van der Waals surface area contributed by atoms with Crippen LogP contribution in [0.15, 0.2) is 0 Å². The van der Waals surface area contributed by atoms with Gasteiger partial charge in [-0.25, -0.2) is 0 Å². The second-order valence-corrected chi connectivity index (χ2v) is 0. The van der Waals surface area contributed by atoms with Gasteiger partial charge in [-0.3, -0.25) is 0 Å². The SMILES string of the molecule is CC.CC.CC.CC.CC.CC.CC.CC.CC.CC.CC.CC.CC.[B]C.[B]C.[B]C.[B]C.[B]C.[B]C. The molecule has 0 aromatic carbocycles. The third-order valence-corrected chi connectivity index (χ3v) is 0. The van der Waals surface area contributed by atoms with Gasteiger partial charge in [0, 0.05) is 0 Å². The minimum absolute atomic E-state index is 1.50. The second kappa shape index (κ2) is 326000. The summed E-state index contributed by atoms with van der Waals surface area (Å²) in [5, 5.41) is 0. The van der Waals surface area contributed by atoms with Crippen LogP contribution in [-0.4, -0.2) is 47.1 Å². The predicted molar refractivity (Wildman–Crippen MR) is 217 cm³/mol. The van der Waals surface area contributed by atoms with Gasteiger partial charge in [-0.2, -0.15) is 0 Å². The van der Waals surface area contributed by atoms with Crippen molar-refractivity contribution in [1.82, 2.24) is 0 Å². The lowest BCUT2D eigenvalue weighted by molar-refractivity contribution is 1.50. The quantitative estimate of drug-likeness (QED) is 0.265. The van der Waals surface area contributed by atoms with E-state index >= 15 is 0 Å². The van der Waals surface area contributed by atoms with Crippen molar-refractivity contribution < 1.29 is 0 Å². The minimum Gasteiger partial charge on any atom is -0.0999 e. The van der Waals surface area contributed by atoms with Crippen LogP contribution in [0.2, 0.25) is 40.9 Å². The van der Waals surface area contributed by atoms with Crippen molar-refractivity contribution in [2.24, 2.45) is 0 Å². The van der Waals surface area contributed by atoms with E-state index in [9.17, 15) is 0 Å². The zero-order valence-electron chi connectivity index (χ0n) is 35.5. The topological polar surface area (TPSA) is 0 Å². The molecule has 0 bridgehead atoms. The second-order valence-electron chi connectivity index (χ2n) is 0. The van der Waals surface area contributed by atoms with Crippen LogP contribution in [0.25, 0.3) is 0 Å². The molecule has 0 N–H and O–H groups in total. The minimum atomic E-state index is 1.50. The van der Waals surface area contributed by atoms with Crippen LogP contribution >= 0.6 is 0 Å². The van der Waals surface area contributed by atoms with Crippen molar-refractivity contribution in [2.45, 2.75) is 221 Å². The Labute approximate surface area is 267 Å². The highest BCUT2D eigenvalue weighted by molar-refractivity contribution is 6.06. The van der Waals surface area contributed by atoms with Crippen molar-refractivity contribution in [2.75, 3.05) is 0 Å². The maximum Gasteiger partial charge on any atom is 0.0606 e. The Bertz CT molecular complexity index is 23.9. The summed E-state index contributed by atoms with van der Waals surface area (Å²) in [6.07, 6.45) is 0. The third kappa shape index (κ3) is 300000. The maximum absolute atomic E-state index is 4.50. The highest BCUT2D eigenvalue weighted by Crippen LogP contribution is 1.17. The van der Waals surface area contributed by atoms with Gasteiger partial charge in [0.15, 0.2) is 0 Å². The average Bonchev–Trinajstić information content (AvgIpc) is 3.17. The molecule has 0 atom stereocenters. The molecule has 0 amide bonds. The molecule has 0 aliphatic rings. The zero-order valence-corrected chi connectivity index (χ0v) is 35.5. The van der Waals surface area contributed by atoms with E-state index in [-0.39, 0.29) is 0 Å². The van der Waals surface area contributed by atoms with E-state index in [1.54, 1.807) is 0 Å². The van der Waals surface area contributed by atoms with Gasteiger partial charge in [-0.15, -0.1) is 0 Å². The van der Waals surface area contributed by atoms with E-state index < -0.39 is 0 Å². The summed E-state index contributed by atoms with van der Waals surface area (Å²) in [6.45, 7) is 61.0. The Hall–Kier alpha value is 0.390. The summed E-state index contributed by atoms with van der Waals surface area (Å²) in [7, 11) is 27.0. The Morgan fingerprint density at radius 3 is 0.105 bits per heavy atom. The van der Waals surface area contributed by atoms with Crippen molar-refractivity contribution in [3.8, 4) is 0 Å². The molecule has 0 aromatic heterocycles. The van der Waals surface area contributed by atoms with Crippen molar-refractivity contribution in [3.63, 3.8) is 0 Å². The molecule has 0 rings (SSSR count). The van der Waals surface area contributed by atoms with E-state index in [1.807, 2.05) is 180 Å². The molecule has 0 saturated carbocycles. The molecular weight excluding hydrogens is 449 g/mol. The van der Waals surface area contributed by atoms with E-state index in [2.05, 4.69) is 47.1 Å². The van der Waals surface area contributed by atoms with Gasteiger partial charge in [0.2, 0.25) is 0 Å². The van der Waals surface area contributed by atoms with Crippen LogP contribution < -0.4 is 0 Å². The molecule has 0 saturated heterocycles. The third-order valence-electron chi connectivity index (χ3n) is 0. The Kier molecular flexibility index (Phi) is 1230000. The summed E-state index contributed by atoms with van der Waals surface area (Å²) in [6, 6.07) is 0. The fourth-order valence-corrected chi connectivity index (χ4v) is 0. The number of rotatable bonds is 0. The molecule has 242 valence electrons. The summed E-state index contributed by atoms with van der Waals surface area (Å²) in [5.74, 6) is 0. The van der Waals surface area contributed by atoms with Gasteiger partial charge in [0.25, 0.3) is 0 Å². The van der Waals surface area contributed by atoms with Gasteiger partial charge in [-0.05, 0) is 0 Å². The summed E-state index contributed by atoms with van der Waals surface area (Å²) in [5.41, 5.74) is 0. The first kappa shape index (κ1) is 143. The lowest BCUT2D eigenvalue weighted by Crippen LogP contribution is -1.13. The van der Waals surface area contributed by atoms with Crippen molar-refractivity contribution >= 4 is 47.1 Å². The van der Waals surface area contributed by atoms with Crippen LogP contribution in [0.4, 0.5) is 0 Å². The fraction of sp³-hybridized carbons (Fsp3) is 1.00. The van der Waals surface area contributed by atoms with Gasteiger partial charge in [0.1, 0.15) is 0 Å². The van der Waals surface area contributed by atoms with E-state index in [0.29, 0.717) is 0 Å². The number of hydrogen-bond acceptors (Lipinski definition) is 0. The monoisotopic (exact) mass is 547 g/mol. The van der Waals surface area contributed by atoms with Crippen LogP contribution in [0.5, 0.6) is 0 Å². The lowest BCUT2D eigenvalue weighted by atomic mass is 10.2.